The van der Waals surface area contributed by atoms with Crippen molar-refractivity contribution in [1.82, 2.24) is 15.1 Å². The van der Waals surface area contributed by atoms with Crippen LogP contribution in [0.2, 0.25) is 0 Å². The van der Waals surface area contributed by atoms with Gasteiger partial charge in [-0.25, -0.2) is 0 Å². The Labute approximate surface area is 112 Å². The van der Waals surface area contributed by atoms with Crippen LogP contribution in [0.4, 0.5) is 0 Å². The standard InChI is InChI=1S/C14H29N3O/c1-3-5-16-6-8-17(9-7-16)10-13-11-18-12-14(13)15-4-2/h13-15H,3-12H2,1-2H3. The zero-order valence-electron chi connectivity index (χ0n) is 12.0. The lowest BCUT2D eigenvalue weighted by Crippen LogP contribution is -2.50. The first-order valence-corrected chi connectivity index (χ1v) is 7.59. The number of piperazine rings is 1. The van der Waals surface area contributed by atoms with Crippen LogP contribution in [0.25, 0.3) is 0 Å². The van der Waals surface area contributed by atoms with Crippen LogP contribution in [0.3, 0.4) is 0 Å². The molecule has 2 aliphatic heterocycles. The molecule has 0 aromatic rings. The fourth-order valence-corrected chi connectivity index (χ4v) is 3.11. The van der Waals surface area contributed by atoms with E-state index >= 15 is 0 Å². The van der Waals surface area contributed by atoms with Crippen LogP contribution in [-0.4, -0.2) is 74.9 Å². The van der Waals surface area contributed by atoms with E-state index in [-0.39, 0.29) is 0 Å². The highest BCUT2D eigenvalue weighted by Crippen LogP contribution is 2.16. The maximum atomic E-state index is 5.62. The highest BCUT2D eigenvalue weighted by Gasteiger charge is 2.29. The van der Waals surface area contributed by atoms with Gasteiger partial charge < -0.3 is 19.9 Å². The van der Waals surface area contributed by atoms with E-state index in [0.29, 0.717) is 12.0 Å². The number of hydrogen-bond acceptors (Lipinski definition) is 4. The molecule has 2 atom stereocenters. The lowest BCUT2D eigenvalue weighted by Gasteiger charge is -2.36. The summed E-state index contributed by atoms with van der Waals surface area (Å²) in [6.45, 7) is 14.8. The van der Waals surface area contributed by atoms with E-state index in [1.807, 2.05) is 0 Å². The first kappa shape index (κ1) is 14.3. The third-order valence-electron chi connectivity index (χ3n) is 4.16. The molecule has 0 saturated carbocycles. The Balaban J connectivity index is 1.70. The topological polar surface area (TPSA) is 27.7 Å². The fraction of sp³-hybridized carbons (Fsp3) is 1.00. The molecule has 1 N–H and O–H groups in total. The highest BCUT2D eigenvalue weighted by atomic mass is 16.5. The van der Waals surface area contributed by atoms with Gasteiger partial charge in [0, 0.05) is 44.7 Å². The summed E-state index contributed by atoms with van der Waals surface area (Å²) in [7, 11) is 0. The van der Waals surface area contributed by atoms with Gasteiger partial charge in [-0.1, -0.05) is 13.8 Å². The summed E-state index contributed by atoms with van der Waals surface area (Å²) < 4.78 is 5.62. The normalized spacial score (nSPS) is 31.0. The molecule has 2 fully saturated rings. The molecule has 0 aromatic carbocycles. The fourth-order valence-electron chi connectivity index (χ4n) is 3.11. The lowest BCUT2D eigenvalue weighted by atomic mass is 10.0. The summed E-state index contributed by atoms with van der Waals surface area (Å²) in [5, 5.41) is 3.55. The lowest BCUT2D eigenvalue weighted by molar-refractivity contribution is 0.109. The third-order valence-corrected chi connectivity index (χ3v) is 4.16. The van der Waals surface area contributed by atoms with Crippen molar-refractivity contribution in [3.63, 3.8) is 0 Å². The zero-order valence-corrected chi connectivity index (χ0v) is 12.0. The summed E-state index contributed by atoms with van der Waals surface area (Å²) in [5.41, 5.74) is 0. The Morgan fingerprint density at radius 2 is 1.78 bits per heavy atom. The summed E-state index contributed by atoms with van der Waals surface area (Å²) in [5.74, 6) is 0.683. The van der Waals surface area contributed by atoms with Crippen LogP contribution < -0.4 is 5.32 Å². The second kappa shape index (κ2) is 7.43. The summed E-state index contributed by atoms with van der Waals surface area (Å²) in [6, 6.07) is 0.573. The molecule has 2 aliphatic rings. The number of likely N-dealkylation sites (N-methyl/N-ethyl adjacent to an activating group) is 1. The Morgan fingerprint density at radius 3 is 2.44 bits per heavy atom. The number of ether oxygens (including phenoxy) is 1. The number of nitrogens with zero attached hydrogens (tertiary/aromatic N) is 2. The molecule has 18 heavy (non-hydrogen) atoms. The smallest absolute Gasteiger partial charge is 0.0623 e. The van der Waals surface area contributed by atoms with Gasteiger partial charge >= 0.3 is 0 Å². The van der Waals surface area contributed by atoms with Crippen molar-refractivity contribution in [2.75, 3.05) is 59.0 Å². The van der Waals surface area contributed by atoms with Crippen LogP contribution in [-0.2, 0) is 4.74 Å². The second-order valence-electron chi connectivity index (χ2n) is 5.60. The van der Waals surface area contributed by atoms with Gasteiger partial charge in [0.2, 0.25) is 0 Å². The molecule has 4 nitrogen and oxygen atoms in total. The van der Waals surface area contributed by atoms with E-state index < -0.39 is 0 Å². The molecule has 2 rings (SSSR count). The second-order valence-corrected chi connectivity index (χ2v) is 5.60. The van der Waals surface area contributed by atoms with Crippen molar-refractivity contribution in [2.45, 2.75) is 26.3 Å². The largest absolute Gasteiger partial charge is 0.379 e. The average molecular weight is 255 g/mol. The van der Waals surface area contributed by atoms with Crippen molar-refractivity contribution in [3.05, 3.63) is 0 Å². The monoisotopic (exact) mass is 255 g/mol. The maximum absolute atomic E-state index is 5.62. The summed E-state index contributed by atoms with van der Waals surface area (Å²) >= 11 is 0. The molecule has 0 bridgehead atoms. The summed E-state index contributed by atoms with van der Waals surface area (Å²) in [4.78, 5) is 5.21. The van der Waals surface area contributed by atoms with Gasteiger partial charge in [0.05, 0.1) is 13.2 Å². The van der Waals surface area contributed by atoms with Crippen molar-refractivity contribution >= 4 is 0 Å². The van der Waals surface area contributed by atoms with E-state index in [1.165, 1.54) is 45.7 Å². The third kappa shape index (κ3) is 3.92. The van der Waals surface area contributed by atoms with Crippen LogP contribution in [0.15, 0.2) is 0 Å². The van der Waals surface area contributed by atoms with Crippen molar-refractivity contribution in [2.24, 2.45) is 5.92 Å². The molecule has 0 radical (unpaired) electrons. The van der Waals surface area contributed by atoms with E-state index in [4.69, 9.17) is 4.74 Å². The minimum absolute atomic E-state index is 0.573. The van der Waals surface area contributed by atoms with Crippen LogP contribution in [0.5, 0.6) is 0 Å². The summed E-state index contributed by atoms with van der Waals surface area (Å²) in [6.07, 6.45) is 1.28. The van der Waals surface area contributed by atoms with Gasteiger partial charge in [-0.05, 0) is 19.5 Å². The molecule has 4 heteroatoms. The van der Waals surface area contributed by atoms with Gasteiger partial charge in [-0.2, -0.15) is 0 Å². The maximum Gasteiger partial charge on any atom is 0.0623 e. The van der Waals surface area contributed by atoms with E-state index in [2.05, 4.69) is 29.0 Å². The van der Waals surface area contributed by atoms with E-state index in [9.17, 15) is 0 Å². The van der Waals surface area contributed by atoms with Gasteiger partial charge in [-0.15, -0.1) is 0 Å². The van der Waals surface area contributed by atoms with E-state index in [0.717, 1.165) is 19.8 Å². The van der Waals surface area contributed by atoms with E-state index in [1.54, 1.807) is 0 Å². The van der Waals surface area contributed by atoms with Gasteiger partial charge in [0.15, 0.2) is 0 Å². The van der Waals surface area contributed by atoms with Crippen molar-refractivity contribution in [1.29, 1.82) is 0 Å². The molecule has 2 saturated heterocycles. The minimum Gasteiger partial charge on any atom is -0.379 e. The number of rotatable bonds is 6. The Kier molecular flexibility index (Phi) is 5.89. The van der Waals surface area contributed by atoms with Gasteiger partial charge in [0.25, 0.3) is 0 Å². The first-order chi connectivity index (χ1) is 8.83. The van der Waals surface area contributed by atoms with Crippen LogP contribution in [0.1, 0.15) is 20.3 Å². The van der Waals surface area contributed by atoms with Crippen molar-refractivity contribution in [3.8, 4) is 0 Å². The van der Waals surface area contributed by atoms with Gasteiger partial charge in [0.1, 0.15) is 0 Å². The average Bonchev–Trinajstić information content (AvgIpc) is 2.80. The molecule has 0 spiro atoms. The van der Waals surface area contributed by atoms with Crippen molar-refractivity contribution < 1.29 is 4.74 Å². The quantitative estimate of drug-likeness (QED) is 0.754. The molecule has 2 heterocycles. The Morgan fingerprint density at radius 1 is 1.06 bits per heavy atom. The minimum atomic E-state index is 0.573. The predicted molar refractivity (Wildman–Crippen MR) is 74.9 cm³/mol. The van der Waals surface area contributed by atoms with Gasteiger partial charge in [-0.3, -0.25) is 0 Å². The molecule has 106 valence electrons. The molecule has 0 aromatic heterocycles. The Hall–Kier alpha value is -0.160. The molecular formula is C14H29N3O. The Bertz CT molecular complexity index is 229. The van der Waals surface area contributed by atoms with Crippen LogP contribution >= 0.6 is 0 Å². The molecule has 0 amide bonds. The number of nitrogens with one attached hydrogen (secondary N) is 1. The van der Waals surface area contributed by atoms with Crippen LogP contribution in [0, 0.1) is 5.92 Å². The zero-order chi connectivity index (χ0) is 12.8. The molecular weight excluding hydrogens is 226 g/mol. The highest BCUT2D eigenvalue weighted by molar-refractivity contribution is 4.84. The predicted octanol–water partition coefficient (Wildman–Crippen LogP) is 0.639. The molecule has 0 aliphatic carbocycles. The first-order valence-electron chi connectivity index (χ1n) is 7.59. The number of hydrogen-bond donors (Lipinski definition) is 1. The SMILES string of the molecule is CCCN1CCN(CC2COCC2NCC)CC1. The molecule has 2 unspecified atom stereocenters.